The zero-order valence-electron chi connectivity index (χ0n) is 18.7. The van der Waals surface area contributed by atoms with Gasteiger partial charge in [0.1, 0.15) is 10.6 Å². The van der Waals surface area contributed by atoms with Crippen molar-refractivity contribution >= 4 is 39.2 Å². The van der Waals surface area contributed by atoms with Gasteiger partial charge in [-0.15, -0.1) is 11.3 Å². The Morgan fingerprint density at radius 1 is 1.21 bits per heavy atom. The smallest absolute Gasteiger partial charge is 0.263 e. The molecular formula is C25H25N3O3S2. The van der Waals surface area contributed by atoms with Crippen molar-refractivity contribution in [1.29, 1.82) is 0 Å². The van der Waals surface area contributed by atoms with E-state index >= 15 is 0 Å². The second kappa shape index (κ2) is 9.19. The lowest BCUT2D eigenvalue weighted by molar-refractivity contribution is 0.0827. The van der Waals surface area contributed by atoms with Crippen LogP contribution < -0.4 is 5.56 Å². The molecule has 0 unspecified atom stereocenters. The Bertz CT molecular complexity index is 1370. The average molecular weight is 480 g/mol. The highest BCUT2D eigenvalue weighted by molar-refractivity contribution is 7.98. The van der Waals surface area contributed by atoms with Crippen molar-refractivity contribution in [1.82, 2.24) is 14.5 Å². The molecule has 3 heterocycles. The third kappa shape index (κ3) is 4.37. The second-order valence-electron chi connectivity index (χ2n) is 8.44. The summed E-state index contributed by atoms with van der Waals surface area (Å²) < 4.78 is 7.28. The van der Waals surface area contributed by atoms with Gasteiger partial charge >= 0.3 is 0 Å². The molecule has 5 rings (SSSR count). The molecule has 3 aromatic heterocycles. The van der Waals surface area contributed by atoms with Gasteiger partial charge in [0.25, 0.3) is 11.5 Å². The van der Waals surface area contributed by atoms with Crippen molar-refractivity contribution < 1.29 is 9.21 Å². The molecule has 8 heteroatoms. The number of hydrogen-bond donors (Lipinski definition) is 0. The van der Waals surface area contributed by atoms with Crippen LogP contribution in [0.3, 0.4) is 0 Å². The van der Waals surface area contributed by atoms with Crippen molar-refractivity contribution in [2.24, 2.45) is 0 Å². The second-order valence-corrected chi connectivity index (χ2v) is 10.5. The van der Waals surface area contributed by atoms with Gasteiger partial charge < -0.3 is 9.32 Å². The molecule has 0 fully saturated rings. The first-order valence-corrected chi connectivity index (χ1v) is 12.8. The van der Waals surface area contributed by atoms with Crippen LogP contribution in [0.25, 0.3) is 10.2 Å². The molecule has 1 aliphatic carbocycles. The average Bonchev–Trinajstić information content (AvgIpc) is 3.46. The van der Waals surface area contributed by atoms with Crippen LogP contribution in [-0.4, -0.2) is 34.5 Å². The number of rotatable bonds is 6. The molecule has 0 aliphatic heterocycles. The molecule has 1 aliphatic rings. The SMILES string of the molecule is CN(C)C(=O)c1cccc(CSc2nc3sc4c(c3c(=O)n2Cc2ccco2)CCCC4)c1. The Kier molecular flexibility index (Phi) is 6.12. The van der Waals surface area contributed by atoms with Crippen LogP contribution in [0.2, 0.25) is 0 Å². The van der Waals surface area contributed by atoms with Gasteiger partial charge in [-0.2, -0.15) is 0 Å². The van der Waals surface area contributed by atoms with Gasteiger partial charge in [-0.05, 0) is 61.1 Å². The monoisotopic (exact) mass is 479 g/mol. The van der Waals surface area contributed by atoms with E-state index in [0.717, 1.165) is 40.8 Å². The molecule has 0 atom stereocenters. The minimum absolute atomic E-state index is 0.00911. The number of aryl methyl sites for hydroxylation is 2. The van der Waals surface area contributed by atoms with Gasteiger partial charge in [0.05, 0.1) is 18.2 Å². The minimum atomic E-state index is -0.0275. The number of thiophene rings is 1. The lowest BCUT2D eigenvalue weighted by Gasteiger charge is -2.13. The highest BCUT2D eigenvalue weighted by atomic mass is 32.2. The largest absolute Gasteiger partial charge is 0.467 e. The molecular weight excluding hydrogens is 454 g/mol. The van der Waals surface area contributed by atoms with Gasteiger partial charge in [-0.1, -0.05) is 23.9 Å². The Labute approximate surface area is 200 Å². The summed E-state index contributed by atoms with van der Waals surface area (Å²) in [5.41, 5.74) is 2.87. The molecule has 6 nitrogen and oxygen atoms in total. The van der Waals surface area contributed by atoms with Gasteiger partial charge in [-0.25, -0.2) is 4.98 Å². The summed E-state index contributed by atoms with van der Waals surface area (Å²) in [4.78, 5) is 34.7. The molecule has 0 radical (unpaired) electrons. The van der Waals surface area contributed by atoms with Gasteiger partial charge in [0, 0.05) is 30.3 Å². The number of nitrogens with zero attached hydrogens (tertiary/aromatic N) is 3. The van der Waals surface area contributed by atoms with Gasteiger partial charge in [-0.3, -0.25) is 14.2 Å². The van der Waals surface area contributed by atoms with Gasteiger partial charge in [0.15, 0.2) is 5.16 Å². The first-order valence-electron chi connectivity index (χ1n) is 11.0. The van der Waals surface area contributed by atoms with Crippen LogP contribution >= 0.6 is 23.1 Å². The van der Waals surface area contributed by atoms with Crippen molar-refractivity contribution in [3.8, 4) is 0 Å². The van der Waals surface area contributed by atoms with Crippen LogP contribution in [0.5, 0.6) is 0 Å². The van der Waals surface area contributed by atoms with E-state index in [2.05, 4.69) is 0 Å². The molecule has 0 saturated carbocycles. The van der Waals surface area contributed by atoms with E-state index in [4.69, 9.17) is 9.40 Å². The molecule has 170 valence electrons. The van der Waals surface area contributed by atoms with Crippen LogP contribution in [0, 0.1) is 0 Å². The number of fused-ring (bicyclic) bond motifs is 3. The molecule has 0 N–H and O–H groups in total. The van der Waals surface area contributed by atoms with E-state index < -0.39 is 0 Å². The standard InChI is InChI=1S/C25H25N3O3S2/c1-27(2)23(29)17-8-5-7-16(13-17)15-32-25-26-22-21(19-10-3-4-11-20(19)33-22)24(30)28(25)14-18-9-6-12-31-18/h5-9,12-13H,3-4,10-11,14-15H2,1-2H3. The van der Waals surface area contributed by atoms with E-state index in [-0.39, 0.29) is 11.5 Å². The number of furan rings is 1. The lowest BCUT2D eigenvalue weighted by atomic mass is 9.97. The van der Waals surface area contributed by atoms with Crippen LogP contribution in [0.4, 0.5) is 0 Å². The van der Waals surface area contributed by atoms with E-state index in [1.807, 2.05) is 36.4 Å². The molecule has 1 aromatic carbocycles. The predicted molar refractivity (Wildman–Crippen MR) is 132 cm³/mol. The number of benzene rings is 1. The summed E-state index contributed by atoms with van der Waals surface area (Å²) in [5.74, 6) is 1.30. The first kappa shape index (κ1) is 22.0. The molecule has 0 saturated heterocycles. The Morgan fingerprint density at radius 3 is 2.85 bits per heavy atom. The maximum Gasteiger partial charge on any atom is 0.263 e. The highest BCUT2D eigenvalue weighted by Gasteiger charge is 2.23. The van der Waals surface area contributed by atoms with E-state index in [0.29, 0.717) is 23.0 Å². The third-order valence-electron chi connectivity index (χ3n) is 5.88. The summed E-state index contributed by atoms with van der Waals surface area (Å²) in [6, 6.07) is 11.3. The zero-order valence-corrected chi connectivity index (χ0v) is 20.3. The molecule has 4 aromatic rings. The van der Waals surface area contributed by atoms with Crippen LogP contribution in [0.15, 0.2) is 57.0 Å². The van der Waals surface area contributed by atoms with Crippen LogP contribution in [0.1, 0.15) is 45.0 Å². The van der Waals surface area contributed by atoms with Crippen molar-refractivity contribution in [2.75, 3.05) is 14.1 Å². The summed E-state index contributed by atoms with van der Waals surface area (Å²) >= 11 is 3.18. The topological polar surface area (TPSA) is 68.3 Å². The third-order valence-corrected chi connectivity index (χ3v) is 8.12. The quantitative estimate of drug-likeness (QED) is 0.288. The van der Waals surface area contributed by atoms with Crippen molar-refractivity contribution in [2.45, 2.75) is 43.1 Å². The minimum Gasteiger partial charge on any atom is -0.467 e. The Balaban J connectivity index is 1.52. The lowest BCUT2D eigenvalue weighted by Crippen LogP contribution is -2.24. The van der Waals surface area contributed by atoms with E-state index in [1.165, 1.54) is 28.6 Å². The van der Waals surface area contributed by atoms with E-state index in [9.17, 15) is 9.59 Å². The maximum atomic E-state index is 13.7. The predicted octanol–water partition coefficient (Wildman–Crippen LogP) is 4.97. The highest BCUT2D eigenvalue weighted by Crippen LogP contribution is 2.35. The normalized spacial score (nSPS) is 13.3. The summed E-state index contributed by atoms with van der Waals surface area (Å²) in [6.07, 6.45) is 5.90. The van der Waals surface area contributed by atoms with Crippen molar-refractivity contribution in [3.05, 3.63) is 80.3 Å². The number of hydrogen-bond acceptors (Lipinski definition) is 6. The summed E-state index contributed by atoms with van der Waals surface area (Å²) in [5, 5.41) is 1.45. The molecule has 33 heavy (non-hydrogen) atoms. The number of carbonyl (C=O) groups excluding carboxylic acids is 1. The van der Waals surface area contributed by atoms with Gasteiger partial charge in [0.2, 0.25) is 0 Å². The Hall–Kier alpha value is -2.84. The Morgan fingerprint density at radius 2 is 2.06 bits per heavy atom. The summed E-state index contributed by atoms with van der Waals surface area (Å²) in [7, 11) is 3.49. The van der Waals surface area contributed by atoms with Crippen LogP contribution in [-0.2, 0) is 25.1 Å². The zero-order chi connectivity index (χ0) is 22.9. The van der Waals surface area contributed by atoms with Crippen molar-refractivity contribution in [3.63, 3.8) is 0 Å². The number of amides is 1. The number of thioether (sulfide) groups is 1. The molecule has 0 bridgehead atoms. The molecule has 1 amide bonds. The number of carbonyl (C=O) groups is 1. The molecule has 0 spiro atoms. The first-order chi connectivity index (χ1) is 16.0. The fourth-order valence-electron chi connectivity index (χ4n) is 4.23. The maximum absolute atomic E-state index is 13.7. The fourth-order valence-corrected chi connectivity index (χ4v) is 6.47. The number of aromatic nitrogens is 2. The fraction of sp³-hybridized carbons (Fsp3) is 0.320. The van der Waals surface area contributed by atoms with E-state index in [1.54, 1.807) is 41.2 Å². The summed E-state index contributed by atoms with van der Waals surface area (Å²) in [6.45, 7) is 0.348.